The molecule has 282 valence electrons. The zero-order valence-corrected chi connectivity index (χ0v) is 33.7. The van der Waals surface area contributed by atoms with Crippen LogP contribution in [0.15, 0.2) is 237 Å². The molecule has 0 radical (unpaired) electrons. The number of benzene rings is 10. The highest BCUT2D eigenvalue weighted by Gasteiger charge is 2.17. The predicted octanol–water partition coefficient (Wildman–Crippen LogP) is 17.0. The summed E-state index contributed by atoms with van der Waals surface area (Å²) in [5.41, 5.74) is 15.2. The molecule has 2 heteroatoms. The number of fused-ring (bicyclic) bond motifs is 4. The van der Waals surface area contributed by atoms with Crippen molar-refractivity contribution in [3.63, 3.8) is 0 Å². The highest BCUT2D eigenvalue weighted by Crippen LogP contribution is 2.42. The minimum atomic E-state index is 1.09. The van der Waals surface area contributed by atoms with Crippen molar-refractivity contribution >= 4 is 59.3 Å². The fourth-order valence-electron chi connectivity index (χ4n) is 8.54. The first-order chi connectivity index (χ1) is 29.7. The molecule has 0 amide bonds. The molecule has 1 heterocycles. The number of nitrogens with zero attached hydrogens (tertiary/aromatic N) is 1. The van der Waals surface area contributed by atoms with Gasteiger partial charge in [-0.2, -0.15) is 0 Å². The molecule has 0 unspecified atom stereocenters. The molecular formula is C58H39NS. The molecule has 0 aliphatic carbocycles. The summed E-state index contributed by atoms with van der Waals surface area (Å²) < 4.78 is 2.64. The third kappa shape index (κ3) is 6.83. The van der Waals surface area contributed by atoms with Crippen LogP contribution < -0.4 is 4.90 Å². The molecule has 0 saturated carbocycles. The van der Waals surface area contributed by atoms with E-state index in [1.165, 1.54) is 86.6 Å². The van der Waals surface area contributed by atoms with Gasteiger partial charge in [0.15, 0.2) is 0 Å². The van der Waals surface area contributed by atoms with Crippen molar-refractivity contribution in [2.24, 2.45) is 0 Å². The molecule has 1 nitrogen and oxygen atoms in total. The second kappa shape index (κ2) is 15.3. The topological polar surface area (TPSA) is 3.24 Å². The maximum atomic E-state index is 2.40. The molecule has 10 aromatic carbocycles. The maximum absolute atomic E-state index is 2.40. The van der Waals surface area contributed by atoms with Gasteiger partial charge in [0.05, 0.1) is 0 Å². The molecule has 11 aromatic rings. The van der Waals surface area contributed by atoms with Gasteiger partial charge in [0.1, 0.15) is 0 Å². The van der Waals surface area contributed by atoms with E-state index in [1.54, 1.807) is 0 Å². The van der Waals surface area contributed by atoms with Crippen molar-refractivity contribution in [1.29, 1.82) is 0 Å². The molecule has 0 aliphatic rings. The van der Waals surface area contributed by atoms with Gasteiger partial charge in [-0.15, -0.1) is 11.3 Å². The van der Waals surface area contributed by atoms with Crippen LogP contribution >= 0.6 is 11.3 Å². The SMILES string of the molecule is c1ccc(-c2cc(-c3ccccc3)cc(N(c3ccc(-c4cccc(-c5ccc6ccccc6c5)c4)cc3)c3ccc(-c4ccc5c(c4)sc4ccccc45)cc3)c2)cc1. The van der Waals surface area contributed by atoms with Crippen LogP contribution in [0, 0.1) is 0 Å². The van der Waals surface area contributed by atoms with Crippen LogP contribution in [0.4, 0.5) is 17.1 Å². The van der Waals surface area contributed by atoms with E-state index in [0.29, 0.717) is 0 Å². The predicted molar refractivity (Wildman–Crippen MR) is 259 cm³/mol. The smallest absolute Gasteiger partial charge is 0.0473 e. The molecular weight excluding hydrogens is 743 g/mol. The Bertz CT molecular complexity index is 3230. The zero-order valence-electron chi connectivity index (χ0n) is 32.9. The third-order valence-corrected chi connectivity index (χ3v) is 12.8. The van der Waals surface area contributed by atoms with Gasteiger partial charge in [-0.1, -0.05) is 170 Å². The standard InChI is InChI=1S/C58H39NS/c1-3-12-40(13-4-1)50-36-51(41-14-5-2-6-15-41)38-54(37-50)59(53-31-26-44(27-32-53)49-28-33-56-55-20-9-10-21-57(55)60-58(56)39-49)52-29-24-43(25-30-52)46-18-11-19-47(34-46)48-23-22-42-16-7-8-17-45(42)35-48/h1-39H. The lowest BCUT2D eigenvalue weighted by Gasteiger charge is -2.27. The summed E-state index contributed by atoms with van der Waals surface area (Å²) in [6, 6.07) is 86.2. The van der Waals surface area contributed by atoms with Crippen molar-refractivity contribution in [3.05, 3.63) is 237 Å². The van der Waals surface area contributed by atoms with Crippen LogP contribution in [0.3, 0.4) is 0 Å². The number of thiophene rings is 1. The molecule has 0 fully saturated rings. The highest BCUT2D eigenvalue weighted by molar-refractivity contribution is 7.25. The van der Waals surface area contributed by atoms with Crippen LogP contribution in [0.5, 0.6) is 0 Å². The van der Waals surface area contributed by atoms with Crippen LogP contribution in [-0.2, 0) is 0 Å². The van der Waals surface area contributed by atoms with E-state index in [9.17, 15) is 0 Å². The first-order valence-corrected chi connectivity index (χ1v) is 21.3. The Hall–Kier alpha value is -7.52. The van der Waals surface area contributed by atoms with Gasteiger partial charge < -0.3 is 4.90 Å². The molecule has 1 aromatic heterocycles. The quantitative estimate of drug-likeness (QED) is 0.148. The van der Waals surface area contributed by atoms with Gasteiger partial charge >= 0.3 is 0 Å². The Morgan fingerprint density at radius 1 is 0.233 bits per heavy atom. The van der Waals surface area contributed by atoms with Crippen molar-refractivity contribution in [2.45, 2.75) is 0 Å². The van der Waals surface area contributed by atoms with E-state index < -0.39 is 0 Å². The van der Waals surface area contributed by atoms with Gasteiger partial charge in [-0.25, -0.2) is 0 Å². The largest absolute Gasteiger partial charge is 0.310 e. The van der Waals surface area contributed by atoms with Gasteiger partial charge in [0.2, 0.25) is 0 Å². The number of hydrogen-bond acceptors (Lipinski definition) is 2. The lowest BCUT2D eigenvalue weighted by molar-refractivity contribution is 1.28. The molecule has 0 N–H and O–H groups in total. The number of hydrogen-bond donors (Lipinski definition) is 0. The second-order valence-corrected chi connectivity index (χ2v) is 16.5. The molecule has 60 heavy (non-hydrogen) atoms. The van der Waals surface area contributed by atoms with E-state index >= 15 is 0 Å². The summed E-state index contributed by atoms with van der Waals surface area (Å²) in [5.74, 6) is 0. The van der Waals surface area contributed by atoms with E-state index in [1.807, 2.05) is 11.3 Å². The monoisotopic (exact) mass is 781 g/mol. The normalized spacial score (nSPS) is 11.3. The van der Waals surface area contributed by atoms with Gasteiger partial charge in [0, 0.05) is 37.2 Å². The van der Waals surface area contributed by atoms with Crippen molar-refractivity contribution in [3.8, 4) is 55.6 Å². The van der Waals surface area contributed by atoms with Crippen molar-refractivity contribution < 1.29 is 0 Å². The summed E-state index contributed by atoms with van der Waals surface area (Å²) in [6.07, 6.45) is 0. The summed E-state index contributed by atoms with van der Waals surface area (Å²) in [5, 5.41) is 5.15. The van der Waals surface area contributed by atoms with Gasteiger partial charge in [-0.05, 0) is 133 Å². The Labute approximate surface area is 354 Å². The fourth-order valence-corrected chi connectivity index (χ4v) is 9.69. The number of anilines is 3. The average molecular weight is 782 g/mol. The van der Waals surface area contributed by atoms with Crippen LogP contribution in [0.25, 0.3) is 86.6 Å². The lowest BCUT2D eigenvalue weighted by Crippen LogP contribution is -2.10. The molecule has 0 spiro atoms. The summed E-state index contributed by atoms with van der Waals surface area (Å²) in [4.78, 5) is 2.40. The van der Waals surface area contributed by atoms with E-state index in [4.69, 9.17) is 0 Å². The molecule has 0 saturated heterocycles. The van der Waals surface area contributed by atoms with Crippen LogP contribution in [-0.4, -0.2) is 0 Å². The van der Waals surface area contributed by atoms with Crippen LogP contribution in [0.1, 0.15) is 0 Å². The first kappa shape index (κ1) is 35.6. The molecule has 11 rings (SSSR count). The van der Waals surface area contributed by atoms with Crippen LogP contribution in [0.2, 0.25) is 0 Å². The van der Waals surface area contributed by atoms with Crippen molar-refractivity contribution in [2.75, 3.05) is 4.90 Å². The zero-order chi connectivity index (χ0) is 39.8. The number of rotatable bonds is 8. The second-order valence-electron chi connectivity index (χ2n) is 15.4. The maximum Gasteiger partial charge on any atom is 0.0473 e. The summed E-state index contributed by atoms with van der Waals surface area (Å²) in [7, 11) is 0. The van der Waals surface area contributed by atoms with Crippen molar-refractivity contribution in [1.82, 2.24) is 0 Å². The highest BCUT2D eigenvalue weighted by atomic mass is 32.1. The average Bonchev–Trinajstić information content (AvgIpc) is 3.70. The fraction of sp³-hybridized carbons (Fsp3) is 0. The van der Waals surface area contributed by atoms with Gasteiger partial charge in [0.25, 0.3) is 0 Å². The Morgan fingerprint density at radius 2 is 0.683 bits per heavy atom. The molecule has 0 aliphatic heterocycles. The van der Waals surface area contributed by atoms with E-state index in [0.717, 1.165) is 17.1 Å². The Morgan fingerprint density at radius 3 is 1.35 bits per heavy atom. The van der Waals surface area contributed by atoms with Gasteiger partial charge in [-0.3, -0.25) is 0 Å². The minimum absolute atomic E-state index is 1.09. The third-order valence-electron chi connectivity index (χ3n) is 11.6. The molecule has 0 bridgehead atoms. The van der Waals surface area contributed by atoms with E-state index in [2.05, 4.69) is 241 Å². The minimum Gasteiger partial charge on any atom is -0.310 e. The molecule has 0 atom stereocenters. The Balaban J connectivity index is 1.01. The van der Waals surface area contributed by atoms with E-state index in [-0.39, 0.29) is 0 Å². The lowest BCUT2D eigenvalue weighted by atomic mass is 9.96. The summed E-state index contributed by atoms with van der Waals surface area (Å²) in [6.45, 7) is 0. The Kier molecular flexibility index (Phi) is 9.11. The first-order valence-electron chi connectivity index (χ1n) is 20.5. The summed E-state index contributed by atoms with van der Waals surface area (Å²) >= 11 is 1.86.